The Bertz CT molecular complexity index is 631. The maximum Gasteiger partial charge on any atom is 0.0585 e. The molecule has 110 valence electrons. The quantitative estimate of drug-likeness (QED) is 0.790. The van der Waals surface area contributed by atoms with Crippen LogP contribution in [0.15, 0.2) is 46.9 Å². The van der Waals surface area contributed by atoms with Crippen LogP contribution in [0.4, 0.5) is 0 Å². The second-order valence-electron chi connectivity index (χ2n) is 6.04. The van der Waals surface area contributed by atoms with Gasteiger partial charge in [0.25, 0.3) is 0 Å². The van der Waals surface area contributed by atoms with Crippen molar-refractivity contribution in [3.8, 4) is 0 Å². The van der Waals surface area contributed by atoms with Gasteiger partial charge in [-0.1, -0.05) is 64.3 Å². The van der Waals surface area contributed by atoms with Crippen molar-refractivity contribution in [3.63, 3.8) is 0 Å². The number of rotatable bonds is 4. The Balaban J connectivity index is 1.97. The molecule has 1 N–H and O–H groups in total. The highest BCUT2D eigenvalue weighted by atomic mass is 79.9. The molecular formula is C19H22BrN. The third-order valence-electron chi connectivity index (χ3n) is 4.57. The summed E-state index contributed by atoms with van der Waals surface area (Å²) in [5.41, 5.74) is 5.46. The Morgan fingerprint density at radius 3 is 2.62 bits per heavy atom. The van der Waals surface area contributed by atoms with E-state index in [1.165, 1.54) is 46.0 Å². The van der Waals surface area contributed by atoms with Crippen LogP contribution < -0.4 is 5.32 Å². The number of halogens is 1. The standard InChI is InChI=1S/C19H22BrN/c1-13-9-10-18(20)17(11-13)19(21-2)16-8-4-7-15(12-16)14-5-3-6-14/h4,7-12,14,19,21H,3,5-6H2,1-2H3. The molecule has 1 nitrogen and oxygen atoms in total. The Morgan fingerprint density at radius 2 is 1.95 bits per heavy atom. The van der Waals surface area contributed by atoms with Crippen LogP contribution in [0.5, 0.6) is 0 Å². The predicted molar refractivity (Wildman–Crippen MR) is 92.8 cm³/mol. The van der Waals surface area contributed by atoms with Gasteiger partial charge in [0.15, 0.2) is 0 Å². The van der Waals surface area contributed by atoms with Crippen LogP contribution in [0.2, 0.25) is 0 Å². The van der Waals surface area contributed by atoms with E-state index in [0.717, 1.165) is 5.92 Å². The van der Waals surface area contributed by atoms with Gasteiger partial charge in [-0.05, 0) is 55.5 Å². The van der Waals surface area contributed by atoms with E-state index in [0.29, 0.717) is 0 Å². The molecule has 0 spiro atoms. The average Bonchev–Trinajstić information content (AvgIpc) is 2.42. The molecule has 1 aliphatic rings. The Kier molecular flexibility index (Phi) is 4.46. The third-order valence-corrected chi connectivity index (χ3v) is 5.29. The summed E-state index contributed by atoms with van der Waals surface area (Å²) in [7, 11) is 2.04. The number of aryl methyl sites for hydroxylation is 1. The van der Waals surface area contributed by atoms with Crippen molar-refractivity contribution in [1.82, 2.24) is 5.32 Å². The zero-order valence-electron chi connectivity index (χ0n) is 12.7. The molecule has 0 aromatic heterocycles. The van der Waals surface area contributed by atoms with E-state index in [1.807, 2.05) is 7.05 Å². The first-order chi connectivity index (χ1) is 10.2. The Hall–Kier alpha value is -1.12. The van der Waals surface area contributed by atoms with Crippen molar-refractivity contribution in [1.29, 1.82) is 0 Å². The minimum Gasteiger partial charge on any atom is -0.309 e. The highest BCUT2D eigenvalue weighted by Gasteiger charge is 2.21. The fourth-order valence-corrected chi connectivity index (χ4v) is 3.60. The molecule has 3 rings (SSSR count). The van der Waals surface area contributed by atoms with Crippen molar-refractivity contribution in [2.45, 2.75) is 38.1 Å². The number of hydrogen-bond donors (Lipinski definition) is 1. The molecule has 2 heteroatoms. The zero-order chi connectivity index (χ0) is 14.8. The molecule has 0 saturated heterocycles. The van der Waals surface area contributed by atoms with E-state index >= 15 is 0 Å². The lowest BCUT2D eigenvalue weighted by Crippen LogP contribution is -2.19. The third kappa shape index (κ3) is 3.07. The molecule has 1 fully saturated rings. The van der Waals surface area contributed by atoms with Crippen LogP contribution in [0.25, 0.3) is 0 Å². The topological polar surface area (TPSA) is 12.0 Å². The summed E-state index contributed by atoms with van der Waals surface area (Å²) < 4.78 is 1.17. The summed E-state index contributed by atoms with van der Waals surface area (Å²) >= 11 is 3.70. The van der Waals surface area contributed by atoms with Crippen molar-refractivity contribution in [3.05, 3.63) is 69.2 Å². The fourth-order valence-electron chi connectivity index (χ4n) is 3.12. The van der Waals surface area contributed by atoms with E-state index in [-0.39, 0.29) is 6.04 Å². The van der Waals surface area contributed by atoms with Crippen molar-refractivity contribution >= 4 is 15.9 Å². The fraction of sp³-hybridized carbons (Fsp3) is 0.368. The first kappa shape index (κ1) is 14.8. The van der Waals surface area contributed by atoms with Gasteiger partial charge in [-0.2, -0.15) is 0 Å². The minimum atomic E-state index is 0.235. The maximum absolute atomic E-state index is 3.70. The normalized spacial score (nSPS) is 16.5. The summed E-state index contributed by atoms with van der Waals surface area (Å²) in [5.74, 6) is 0.781. The van der Waals surface area contributed by atoms with E-state index in [2.05, 4.69) is 70.6 Å². The molecule has 2 aromatic rings. The smallest absolute Gasteiger partial charge is 0.0585 e. The number of hydrogen-bond acceptors (Lipinski definition) is 1. The molecule has 0 amide bonds. The van der Waals surface area contributed by atoms with Gasteiger partial charge >= 0.3 is 0 Å². The molecule has 21 heavy (non-hydrogen) atoms. The number of nitrogens with one attached hydrogen (secondary N) is 1. The number of benzene rings is 2. The van der Waals surface area contributed by atoms with Gasteiger partial charge in [0.05, 0.1) is 6.04 Å². The summed E-state index contributed by atoms with van der Waals surface area (Å²) in [5, 5.41) is 3.47. The first-order valence-electron chi connectivity index (χ1n) is 7.72. The molecule has 1 saturated carbocycles. The summed E-state index contributed by atoms with van der Waals surface area (Å²) in [4.78, 5) is 0. The lowest BCUT2D eigenvalue weighted by atomic mass is 9.79. The van der Waals surface area contributed by atoms with Gasteiger partial charge in [0.1, 0.15) is 0 Å². The van der Waals surface area contributed by atoms with Crippen molar-refractivity contribution < 1.29 is 0 Å². The first-order valence-corrected chi connectivity index (χ1v) is 8.51. The molecule has 1 unspecified atom stereocenters. The zero-order valence-corrected chi connectivity index (χ0v) is 14.3. The van der Waals surface area contributed by atoms with Gasteiger partial charge in [0, 0.05) is 4.47 Å². The lowest BCUT2D eigenvalue weighted by molar-refractivity contribution is 0.419. The second kappa shape index (κ2) is 6.33. The maximum atomic E-state index is 3.70. The van der Waals surface area contributed by atoms with Gasteiger partial charge in [-0.15, -0.1) is 0 Å². The monoisotopic (exact) mass is 343 g/mol. The second-order valence-corrected chi connectivity index (χ2v) is 6.90. The molecule has 0 bridgehead atoms. The molecule has 0 radical (unpaired) electrons. The van der Waals surface area contributed by atoms with Crippen LogP contribution >= 0.6 is 15.9 Å². The van der Waals surface area contributed by atoms with Gasteiger partial charge in [-0.3, -0.25) is 0 Å². The van der Waals surface area contributed by atoms with Crippen LogP contribution in [0.3, 0.4) is 0 Å². The molecular weight excluding hydrogens is 322 g/mol. The van der Waals surface area contributed by atoms with E-state index in [4.69, 9.17) is 0 Å². The average molecular weight is 344 g/mol. The van der Waals surface area contributed by atoms with Crippen LogP contribution in [0.1, 0.15) is 53.5 Å². The van der Waals surface area contributed by atoms with Gasteiger partial charge in [-0.25, -0.2) is 0 Å². The van der Waals surface area contributed by atoms with E-state index in [9.17, 15) is 0 Å². The molecule has 1 aliphatic carbocycles. The Labute approximate surface area is 135 Å². The summed E-state index contributed by atoms with van der Waals surface area (Å²) in [6.07, 6.45) is 4.08. The summed E-state index contributed by atoms with van der Waals surface area (Å²) in [6, 6.07) is 15.9. The highest BCUT2D eigenvalue weighted by Crippen LogP contribution is 2.38. The van der Waals surface area contributed by atoms with Crippen LogP contribution in [-0.2, 0) is 0 Å². The molecule has 0 heterocycles. The largest absolute Gasteiger partial charge is 0.309 e. The van der Waals surface area contributed by atoms with E-state index in [1.54, 1.807) is 0 Å². The molecule has 0 aliphatic heterocycles. The summed E-state index contributed by atoms with van der Waals surface area (Å²) in [6.45, 7) is 2.15. The molecule has 1 atom stereocenters. The van der Waals surface area contributed by atoms with Crippen molar-refractivity contribution in [2.75, 3.05) is 7.05 Å². The van der Waals surface area contributed by atoms with Gasteiger partial charge in [0.2, 0.25) is 0 Å². The molecule has 2 aromatic carbocycles. The van der Waals surface area contributed by atoms with Gasteiger partial charge < -0.3 is 5.32 Å². The minimum absolute atomic E-state index is 0.235. The van der Waals surface area contributed by atoms with Crippen LogP contribution in [0, 0.1) is 6.92 Å². The SMILES string of the molecule is CNC(c1cccc(C2CCC2)c1)c1cc(C)ccc1Br. The van der Waals surface area contributed by atoms with Crippen LogP contribution in [-0.4, -0.2) is 7.05 Å². The lowest BCUT2D eigenvalue weighted by Gasteiger charge is -2.27. The Morgan fingerprint density at radius 1 is 1.14 bits per heavy atom. The highest BCUT2D eigenvalue weighted by molar-refractivity contribution is 9.10. The van der Waals surface area contributed by atoms with E-state index < -0.39 is 0 Å². The predicted octanol–water partition coefficient (Wildman–Crippen LogP) is 5.33. The van der Waals surface area contributed by atoms with Crippen molar-refractivity contribution in [2.24, 2.45) is 0 Å².